The third-order valence-corrected chi connectivity index (χ3v) is 2.46. The van der Waals surface area contributed by atoms with E-state index >= 15 is 0 Å². The quantitative estimate of drug-likeness (QED) is 0.654. The Hall–Kier alpha value is -2.90. The van der Waals surface area contributed by atoms with Crippen LogP contribution in [0, 0.1) is 0 Å². The van der Waals surface area contributed by atoms with Crippen LogP contribution in [0.3, 0.4) is 0 Å². The largest absolute Gasteiger partial charge is 0.368 e. The summed E-state index contributed by atoms with van der Waals surface area (Å²) in [4.78, 5) is 3.84. The number of nitrogens with zero attached hydrogens (tertiary/aromatic N) is 6. The fourth-order valence-corrected chi connectivity index (χ4v) is 1.63. The minimum Gasteiger partial charge on any atom is -0.368 e. The summed E-state index contributed by atoms with van der Waals surface area (Å²) in [5.74, 6) is 0.403. The van der Waals surface area contributed by atoms with Gasteiger partial charge in [-0.2, -0.15) is 9.67 Å². The standard InChI is InChI=1S/C10H10N8/c11-9-15-10(12)18(16-9)8-3-1-7(2-4-8)17-5-13-14-6-17/h1-6H,(H4,11,12,15,16). The molecule has 0 saturated carbocycles. The highest BCUT2D eigenvalue weighted by molar-refractivity contribution is 5.45. The summed E-state index contributed by atoms with van der Waals surface area (Å²) < 4.78 is 3.27. The van der Waals surface area contributed by atoms with Crippen molar-refractivity contribution in [2.24, 2.45) is 0 Å². The summed E-state index contributed by atoms with van der Waals surface area (Å²) in [7, 11) is 0. The molecule has 18 heavy (non-hydrogen) atoms. The number of hydrogen-bond donors (Lipinski definition) is 2. The second-order valence-corrected chi connectivity index (χ2v) is 3.63. The number of nitrogens with two attached hydrogens (primary N) is 2. The first-order valence-electron chi connectivity index (χ1n) is 5.17. The van der Waals surface area contributed by atoms with Crippen molar-refractivity contribution in [3.05, 3.63) is 36.9 Å². The van der Waals surface area contributed by atoms with Gasteiger partial charge < -0.3 is 11.5 Å². The lowest BCUT2D eigenvalue weighted by Crippen LogP contribution is -2.02. The lowest BCUT2D eigenvalue weighted by Gasteiger charge is -2.04. The van der Waals surface area contributed by atoms with Gasteiger partial charge in [0.1, 0.15) is 12.7 Å². The molecule has 3 aromatic rings. The second kappa shape index (κ2) is 3.84. The maximum Gasteiger partial charge on any atom is 0.241 e. The van der Waals surface area contributed by atoms with Crippen LogP contribution in [0.15, 0.2) is 36.9 Å². The van der Waals surface area contributed by atoms with Crippen molar-refractivity contribution in [2.75, 3.05) is 11.5 Å². The Balaban J connectivity index is 1.99. The monoisotopic (exact) mass is 242 g/mol. The van der Waals surface area contributed by atoms with E-state index in [1.165, 1.54) is 4.68 Å². The van der Waals surface area contributed by atoms with Crippen molar-refractivity contribution < 1.29 is 0 Å². The van der Waals surface area contributed by atoms with E-state index in [1.807, 2.05) is 24.3 Å². The fourth-order valence-electron chi connectivity index (χ4n) is 1.63. The molecule has 0 spiro atoms. The van der Waals surface area contributed by atoms with Gasteiger partial charge in [-0.05, 0) is 24.3 Å². The number of aromatic nitrogens is 6. The number of rotatable bonds is 2. The average Bonchev–Trinajstić information content (AvgIpc) is 2.99. The van der Waals surface area contributed by atoms with Gasteiger partial charge in [0.25, 0.3) is 0 Å². The highest BCUT2D eigenvalue weighted by atomic mass is 15.4. The molecular formula is C10H10N8. The number of benzene rings is 1. The maximum absolute atomic E-state index is 5.69. The van der Waals surface area contributed by atoms with Crippen LogP contribution in [0.25, 0.3) is 11.4 Å². The van der Waals surface area contributed by atoms with E-state index in [9.17, 15) is 0 Å². The normalized spacial score (nSPS) is 10.7. The topological polar surface area (TPSA) is 113 Å². The van der Waals surface area contributed by atoms with Gasteiger partial charge in [0.2, 0.25) is 11.9 Å². The zero-order chi connectivity index (χ0) is 12.5. The Bertz CT molecular complexity index is 652. The Morgan fingerprint density at radius 2 is 1.50 bits per heavy atom. The number of hydrogen-bond acceptors (Lipinski definition) is 6. The van der Waals surface area contributed by atoms with Crippen LogP contribution < -0.4 is 11.5 Å². The maximum atomic E-state index is 5.69. The van der Waals surface area contributed by atoms with Gasteiger partial charge in [-0.25, -0.2) is 0 Å². The van der Waals surface area contributed by atoms with Crippen LogP contribution in [-0.4, -0.2) is 29.5 Å². The van der Waals surface area contributed by atoms with E-state index in [0.29, 0.717) is 0 Å². The van der Waals surface area contributed by atoms with Crippen LogP contribution in [0.5, 0.6) is 0 Å². The summed E-state index contributed by atoms with van der Waals surface area (Å²) in [5, 5.41) is 11.5. The summed E-state index contributed by atoms with van der Waals surface area (Å²) in [6, 6.07) is 7.52. The fraction of sp³-hybridized carbons (Fsp3) is 0. The number of anilines is 2. The summed E-state index contributed by atoms with van der Waals surface area (Å²) in [6.45, 7) is 0. The van der Waals surface area contributed by atoms with Crippen molar-refractivity contribution in [3.8, 4) is 11.4 Å². The van der Waals surface area contributed by atoms with Gasteiger partial charge in [0, 0.05) is 5.69 Å². The molecule has 0 fully saturated rings. The molecule has 90 valence electrons. The Morgan fingerprint density at radius 1 is 0.889 bits per heavy atom. The molecule has 8 nitrogen and oxygen atoms in total. The third-order valence-electron chi connectivity index (χ3n) is 2.46. The predicted molar refractivity (Wildman–Crippen MR) is 65.1 cm³/mol. The number of nitrogen functional groups attached to an aromatic ring is 2. The SMILES string of the molecule is Nc1nc(N)n(-c2ccc(-n3cnnc3)cc2)n1. The average molecular weight is 242 g/mol. The molecule has 0 aliphatic heterocycles. The molecule has 8 heteroatoms. The molecule has 0 aliphatic rings. The highest BCUT2D eigenvalue weighted by Crippen LogP contribution is 2.15. The van der Waals surface area contributed by atoms with Gasteiger partial charge in [-0.1, -0.05) is 0 Å². The Kier molecular flexibility index (Phi) is 2.19. The first-order valence-corrected chi connectivity index (χ1v) is 5.17. The van der Waals surface area contributed by atoms with Gasteiger partial charge >= 0.3 is 0 Å². The van der Waals surface area contributed by atoms with Gasteiger partial charge in [0.05, 0.1) is 5.69 Å². The Morgan fingerprint density at radius 3 is 2.06 bits per heavy atom. The van der Waals surface area contributed by atoms with E-state index in [4.69, 9.17) is 11.5 Å². The second-order valence-electron chi connectivity index (χ2n) is 3.63. The molecule has 0 aliphatic carbocycles. The first kappa shape index (κ1) is 10.3. The van der Waals surface area contributed by atoms with E-state index in [0.717, 1.165) is 11.4 Å². The summed E-state index contributed by atoms with van der Waals surface area (Å²) in [6.07, 6.45) is 3.24. The van der Waals surface area contributed by atoms with E-state index in [1.54, 1.807) is 17.2 Å². The molecule has 2 aromatic heterocycles. The van der Waals surface area contributed by atoms with Gasteiger partial charge in [-0.15, -0.1) is 15.3 Å². The van der Waals surface area contributed by atoms with Crippen LogP contribution in [0.4, 0.5) is 11.9 Å². The molecule has 0 radical (unpaired) electrons. The van der Waals surface area contributed by atoms with Crippen molar-refractivity contribution in [1.29, 1.82) is 0 Å². The van der Waals surface area contributed by atoms with Crippen molar-refractivity contribution in [1.82, 2.24) is 29.5 Å². The third kappa shape index (κ3) is 1.65. The van der Waals surface area contributed by atoms with Crippen LogP contribution in [0.2, 0.25) is 0 Å². The lowest BCUT2D eigenvalue weighted by atomic mass is 10.3. The minimum atomic E-state index is 0.149. The molecule has 2 heterocycles. The molecule has 3 rings (SSSR count). The summed E-state index contributed by atoms with van der Waals surface area (Å²) in [5.41, 5.74) is 12.9. The molecule has 1 aromatic carbocycles. The molecular weight excluding hydrogens is 232 g/mol. The molecule has 0 saturated heterocycles. The van der Waals surface area contributed by atoms with Crippen molar-refractivity contribution in [2.45, 2.75) is 0 Å². The highest BCUT2D eigenvalue weighted by Gasteiger charge is 2.06. The van der Waals surface area contributed by atoms with Crippen LogP contribution in [-0.2, 0) is 0 Å². The summed E-state index contributed by atoms with van der Waals surface area (Å²) >= 11 is 0. The van der Waals surface area contributed by atoms with E-state index < -0.39 is 0 Å². The van der Waals surface area contributed by atoms with Crippen LogP contribution in [0.1, 0.15) is 0 Å². The molecule has 0 amide bonds. The van der Waals surface area contributed by atoms with Crippen molar-refractivity contribution >= 4 is 11.9 Å². The zero-order valence-electron chi connectivity index (χ0n) is 9.30. The Labute approximate surface area is 102 Å². The van der Waals surface area contributed by atoms with Crippen molar-refractivity contribution in [3.63, 3.8) is 0 Å². The van der Waals surface area contributed by atoms with E-state index in [-0.39, 0.29) is 11.9 Å². The van der Waals surface area contributed by atoms with Crippen LogP contribution >= 0.6 is 0 Å². The zero-order valence-corrected chi connectivity index (χ0v) is 9.30. The smallest absolute Gasteiger partial charge is 0.241 e. The molecule has 4 N–H and O–H groups in total. The van der Waals surface area contributed by atoms with Gasteiger partial charge in [0.15, 0.2) is 0 Å². The van der Waals surface area contributed by atoms with E-state index in [2.05, 4.69) is 20.3 Å². The minimum absolute atomic E-state index is 0.149. The van der Waals surface area contributed by atoms with Gasteiger partial charge in [-0.3, -0.25) is 4.57 Å². The molecule has 0 atom stereocenters. The molecule has 0 unspecified atom stereocenters. The lowest BCUT2D eigenvalue weighted by molar-refractivity contribution is 0.894. The first-order chi connectivity index (χ1) is 8.74. The predicted octanol–water partition coefficient (Wildman–Crippen LogP) is 0.0124. The molecule has 0 bridgehead atoms.